The molecule has 0 bridgehead atoms. The molecule has 0 aliphatic rings. The maximum Gasteiger partial charge on any atom is 0.00843 e. The van der Waals surface area contributed by atoms with Crippen molar-refractivity contribution in [2.75, 3.05) is 13.1 Å². The molecule has 2 heteroatoms. The molecule has 0 fully saturated rings. The predicted octanol–water partition coefficient (Wildman–Crippen LogP) is 2.88. The molecule has 0 aromatic heterocycles. The second-order valence-electron chi connectivity index (χ2n) is 4.88. The molecule has 0 radical (unpaired) electrons. The molecule has 0 aliphatic carbocycles. The Morgan fingerprint density at radius 1 is 1.07 bits per heavy atom. The second kappa shape index (κ2) is 8.12. The minimum atomic E-state index is 0.628. The van der Waals surface area contributed by atoms with Crippen LogP contribution < -0.4 is 5.32 Å². The van der Waals surface area contributed by atoms with Gasteiger partial charge in [0, 0.05) is 18.1 Å². The molecule has 0 heterocycles. The van der Waals surface area contributed by atoms with E-state index in [1.54, 1.807) is 0 Å². The van der Waals surface area contributed by atoms with E-state index in [9.17, 15) is 0 Å². The van der Waals surface area contributed by atoms with Crippen molar-refractivity contribution in [3.05, 3.63) is 0 Å². The molecule has 2 unspecified atom stereocenters. The molecule has 0 aliphatic heterocycles. The fourth-order valence-electron chi connectivity index (χ4n) is 2.32. The van der Waals surface area contributed by atoms with E-state index in [0.29, 0.717) is 18.1 Å². The minimum Gasteiger partial charge on any atom is -0.314 e. The van der Waals surface area contributed by atoms with Gasteiger partial charge in [-0.05, 0) is 53.6 Å². The predicted molar refractivity (Wildman–Crippen MR) is 69.4 cm³/mol. The SMILES string of the molecule is CCCN(C(C)C)C(C)CC(C)NCC. The van der Waals surface area contributed by atoms with Crippen LogP contribution in [-0.4, -0.2) is 36.1 Å². The molecule has 0 amide bonds. The first-order valence-corrected chi connectivity index (χ1v) is 6.51. The smallest absolute Gasteiger partial charge is 0.00843 e. The summed E-state index contributed by atoms with van der Waals surface area (Å²) in [5.41, 5.74) is 0. The highest BCUT2D eigenvalue weighted by molar-refractivity contribution is 4.75. The van der Waals surface area contributed by atoms with Gasteiger partial charge >= 0.3 is 0 Å². The van der Waals surface area contributed by atoms with Crippen molar-refractivity contribution < 1.29 is 0 Å². The molecule has 0 aromatic rings. The summed E-state index contributed by atoms with van der Waals surface area (Å²) in [6.45, 7) is 16.0. The third-order valence-corrected chi connectivity index (χ3v) is 2.96. The van der Waals surface area contributed by atoms with Crippen LogP contribution >= 0.6 is 0 Å². The maximum absolute atomic E-state index is 3.49. The van der Waals surface area contributed by atoms with E-state index in [1.807, 2.05) is 0 Å². The fourth-order valence-corrected chi connectivity index (χ4v) is 2.32. The summed E-state index contributed by atoms with van der Waals surface area (Å²) >= 11 is 0. The van der Waals surface area contributed by atoms with Crippen molar-refractivity contribution in [3.8, 4) is 0 Å². The van der Waals surface area contributed by atoms with Crippen molar-refractivity contribution in [1.29, 1.82) is 0 Å². The second-order valence-corrected chi connectivity index (χ2v) is 4.88. The fraction of sp³-hybridized carbons (Fsp3) is 1.00. The summed E-state index contributed by atoms with van der Waals surface area (Å²) in [6.07, 6.45) is 2.49. The number of nitrogens with zero attached hydrogens (tertiary/aromatic N) is 1. The van der Waals surface area contributed by atoms with Crippen molar-refractivity contribution in [2.24, 2.45) is 0 Å². The minimum absolute atomic E-state index is 0.628. The summed E-state index contributed by atoms with van der Waals surface area (Å²) in [4.78, 5) is 2.60. The van der Waals surface area contributed by atoms with Crippen molar-refractivity contribution in [1.82, 2.24) is 10.2 Å². The van der Waals surface area contributed by atoms with Crippen LogP contribution in [0.25, 0.3) is 0 Å². The molecule has 1 N–H and O–H groups in total. The van der Waals surface area contributed by atoms with Crippen LogP contribution in [0.2, 0.25) is 0 Å². The molecule has 0 rings (SSSR count). The van der Waals surface area contributed by atoms with E-state index in [-0.39, 0.29) is 0 Å². The van der Waals surface area contributed by atoms with Gasteiger partial charge in [0.05, 0.1) is 0 Å². The van der Waals surface area contributed by atoms with Crippen molar-refractivity contribution >= 4 is 0 Å². The van der Waals surface area contributed by atoms with Gasteiger partial charge in [0.25, 0.3) is 0 Å². The van der Waals surface area contributed by atoms with Crippen LogP contribution in [0, 0.1) is 0 Å². The Morgan fingerprint density at radius 2 is 1.67 bits per heavy atom. The zero-order valence-corrected chi connectivity index (χ0v) is 11.5. The van der Waals surface area contributed by atoms with Gasteiger partial charge in [0.1, 0.15) is 0 Å². The van der Waals surface area contributed by atoms with Gasteiger partial charge in [0.15, 0.2) is 0 Å². The third-order valence-electron chi connectivity index (χ3n) is 2.96. The van der Waals surface area contributed by atoms with Gasteiger partial charge in [0.2, 0.25) is 0 Å². The van der Waals surface area contributed by atoms with Crippen molar-refractivity contribution in [2.45, 2.75) is 72.5 Å². The monoisotopic (exact) mass is 214 g/mol. The Balaban J connectivity index is 4.06. The number of hydrogen-bond donors (Lipinski definition) is 1. The van der Waals surface area contributed by atoms with Gasteiger partial charge in [-0.1, -0.05) is 13.8 Å². The van der Waals surface area contributed by atoms with Crippen LogP contribution in [0.5, 0.6) is 0 Å². The normalized spacial score (nSPS) is 16.0. The van der Waals surface area contributed by atoms with Crippen LogP contribution in [0.4, 0.5) is 0 Å². The van der Waals surface area contributed by atoms with E-state index in [4.69, 9.17) is 0 Å². The largest absolute Gasteiger partial charge is 0.314 e. The highest BCUT2D eigenvalue weighted by Crippen LogP contribution is 2.11. The highest BCUT2D eigenvalue weighted by atomic mass is 15.2. The van der Waals surface area contributed by atoms with Gasteiger partial charge in [-0.25, -0.2) is 0 Å². The van der Waals surface area contributed by atoms with E-state index in [2.05, 4.69) is 51.8 Å². The van der Waals surface area contributed by atoms with Crippen LogP contribution in [0.15, 0.2) is 0 Å². The maximum atomic E-state index is 3.49. The Hall–Kier alpha value is -0.0800. The van der Waals surface area contributed by atoms with Gasteiger partial charge in [-0.2, -0.15) is 0 Å². The third kappa shape index (κ3) is 6.16. The van der Waals surface area contributed by atoms with E-state index >= 15 is 0 Å². The summed E-state index contributed by atoms with van der Waals surface area (Å²) in [5.74, 6) is 0. The Kier molecular flexibility index (Phi) is 8.07. The van der Waals surface area contributed by atoms with E-state index < -0.39 is 0 Å². The summed E-state index contributed by atoms with van der Waals surface area (Å²) in [7, 11) is 0. The first-order valence-electron chi connectivity index (χ1n) is 6.51. The van der Waals surface area contributed by atoms with Gasteiger partial charge < -0.3 is 5.32 Å². The van der Waals surface area contributed by atoms with Crippen molar-refractivity contribution in [3.63, 3.8) is 0 Å². The molecule has 92 valence electrons. The quantitative estimate of drug-likeness (QED) is 0.668. The molecule has 0 saturated carbocycles. The molecule has 0 saturated heterocycles. The lowest BCUT2D eigenvalue weighted by atomic mass is 10.1. The molecule has 2 atom stereocenters. The topological polar surface area (TPSA) is 15.3 Å². The first-order chi connectivity index (χ1) is 7.02. The molecular weight excluding hydrogens is 184 g/mol. The Morgan fingerprint density at radius 3 is 2.07 bits per heavy atom. The average molecular weight is 214 g/mol. The number of nitrogens with one attached hydrogen (secondary N) is 1. The summed E-state index contributed by atoms with van der Waals surface area (Å²) in [5, 5.41) is 3.49. The molecule has 0 aromatic carbocycles. The lowest BCUT2D eigenvalue weighted by Crippen LogP contribution is -2.42. The molecule has 0 spiro atoms. The summed E-state index contributed by atoms with van der Waals surface area (Å²) in [6, 6.07) is 1.97. The van der Waals surface area contributed by atoms with E-state index in [0.717, 1.165) is 6.54 Å². The van der Waals surface area contributed by atoms with Gasteiger partial charge in [-0.3, -0.25) is 4.90 Å². The number of hydrogen-bond acceptors (Lipinski definition) is 2. The van der Waals surface area contributed by atoms with Crippen LogP contribution in [-0.2, 0) is 0 Å². The summed E-state index contributed by atoms with van der Waals surface area (Å²) < 4.78 is 0. The molecule has 2 nitrogen and oxygen atoms in total. The first kappa shape index (κ1) is 14.9. The standard InChI is InChI=1S/C13H30N2/c1-7-9-15(11(3)4)13(6)10-12(5)14-8-2/h11-14H,7-10H2,1-6H3. The molecule has 15 heavy (non-hydrogen) atoms. The van der Waals surface area contributed by atoms with Gasteiger partial charge in [-0.15, -0.1) is 0 Å². The Labute approximate surface area is 96.4 Å². The Bertz CT molecular complexity index is 145. The lowest BCUT2D eigenvalue weighted by Gasteiger charge is -2.34. The number of rotatable bonds is 8. The zero-order valence-electron chi connectivity index (χ0n) is 11.5. The van der Waals surface area contributed by atoms with Crippen LogP contribution in [0.1, 0.15) is 54.4 Å². The average Bonchev–Trinajstić information content (AvgIpc) is 2.13. The van der Waals surface area contributed by atoms with Crippen LogP contribution in [0.3, 0.4) is 0 Å². The highest BCUT2D eigenvalue weighted by Gasteiger charge is 2.17. The zero-order chi connectivity index (χ0) is 11.8. The lowest BCUT2D eigenvalue weighted by molar-refractivity contribution is 0.148. The molecular formula is C13H30N2. The van der Waals surface area contributed by atoms with E-state index in [1.165, 1.54) is 19.4 Å².